The van der Waals surface area contributed by atoms with Crippen LogP contribution in [0.25, 0.3) is 5.69 Å². The van der Waals surface area contributed by atoms with E-state index in [2.05, 4.69) is 13.2 Å². The van der Waals surface area contributed by atoms with E-state index in [1.165, 1.54) is 0 Å². The van der Waals surface area contributed by atoms with Crippen molar-refractivity contribution in [2.24, 2.45) is 0 Å². The Kier molecular flexibility index (Phi) is 3.36. The summed E-state index contributed by atoms with van der Waals surface area (Å²) < 4.78 is 11.9. The molecule has 0 aliphatic carbocycles. The number of allylic oxidation sites excluding steroid dienone is 2. The second-order valence-corrected chi connectivity index (χ2v) is 5.74. The van der Waals surface area contributed by atoms with E-state index in [1.54, 1.807) is 6.20 Å². The first kappa shape index (κ1) is 11.4. The molecular weight excluding hydrogens is 339 g/mol. The second-order valence-electron chi connectivity index (χ2n) is 3.68. The van der Waals surface area contributed by atoms with Gasteiger partial charge in [0.1, 0.15) is 5.76 Å². The van der Waals surface area contributed by atoms with Crippen LogP contribution in [0.5, 0.6) is 5.75 Å². The lowest BCUT2D eigenvalue weighted by molar-refractivity contribution is 0.446. The maximum absolute atomic E-state index is 5.76. The molecule has 1 aliphatic rings. The number of halogens is 1. The number of hydrogen-bond acceptors (Lipinski definition) is 2. The molecule has 0 amide bonds. The number of hydrogen-bond donors (Lipinski definition) is 0. The Morgan fingerprint density at radius 3 is 2.83 bits per heavy atom. The lowest BCUT2D eigenvalue weighted by atomic mass is 10.3. The van der Waals surface area contributed by atoms with E-state index in [1.807, 2.05) is 53.4 Å². The van der Waals surface area contributed by atoms with Crippen LogP contribution in [0.3, 0.4) is 0 Å². The Labute approximate surface area is 115 Å². The molecule has 0 saturated heterocycles. The highest BCUT2D eigenvalue weighted by molar-refractivity contribution is 14.2. The van der Waals surface area contributed by atoms with Gasteiger partial charge in [-0.05, 0) is 22.2 Å². The van der Waals surface area contributed by atoms with Gasteiger partial charge in [0.05, 0.1) is 18.1 Å². The Morgan fingerprint density at radius 2 is 2.06 bits per heavy atom. The summed E-state index contributed by atoms with van der Waals surface area (Å²) in [6.45, 7) is 0. The minimum atomic E-state index is 0.0124. The molecule has 1 aliphatic heterocycles. The van der Waals surface area contributed by atoms with Crippen molar-refractivity contribution in [1.29, 1.82) is 0 Å². The molecule has 1 aromatic heterocycles. The predicted octanol–water partition coefficient (Wildman–Crippen LogP) is 3.44. The van der Waals surface area contributed by atoms with Crippen LogP contribution in [-0.2, 0) is 0 Å². The van der Waals surface area contributed by atoms with E-state index in [0.717, 1.165) is 17.2 Å². The molecule has 0 unspecified atom stereocenters. The van der Waals surface area contributed by atoms with E-state index in [4.69, 9.17) is 4.74 Å². The highest BCUT2D eigenvalue weighted by Crippen LogP contribution is 2.19. The summed E-state index contributed by atoms with van der Waals surface area (Å²) >= 11 is 0.0124. The predicted molar refractivity (Wildman–Crippen MR) is 81.5 cm³/mol. The summed E-state index contributed by atoms with van der Waals surface area (Å²) in [6, 6.07) is 9.99. The number of nitrogens with zero attached hydrogens (tertiary/aromatic N) is 2. The molecule has 90 valence electrons. The molecule has 2 aromatic rings. The lowest BCUT2D eigenvalue weighted by Crippen LogP contribution is -1.93. The fraction of sp³-hybridized carbons (Fsp3) is 0. The summed E-state index contributed by atoms with van der Waals surface area (Å²) in [5.41, 5.74) is 1.03. The van der Waals surface area contributed by atoms with Crippen LogP contribution in [0, 0.1) is 0 Å². The molecule has 0 bridgehead atoms. The van der Waals surface area contributed by atoms with Gasteiger partial charge in [-0.15, -0.1) is 0 Å². The molecule has 1 aromatic carbocycles. The van der Waals surface area contributed by atoms with Crippen LogP contribution in [-0.4, -0.2) is 13.8 Å². The van der Waals surface area contributed by atoms with Crippen LogP contribution in [0.2, 0.25) is 0 Å². The summed E-state index contributed by atoms with van der Waals surface area (Å²) in [5.74, 6) is 1.68. The van der Waals surface area contributed by atoms with Gasteiger partial charge in [-0.1, -0.05) is 45.0 Å². The van der Waals surface area contributed by atoms with Crippen molar-refractivity contribution >= 4 is 24.7 Å². The number of aromatic nitrogens is 2. The maximum Gasteiger partial charge on any atom is 0.165 e. The zero-order valence-corrected chi connectivity index (χ0v) is 11.7. The highest BCUT2D eigenvalue weighted by atomic mass is 127. The van der Waals surface area contributed by atoms with E-state index in [-0.39, 0.29) is 20.7 Å². The van der Waals surface area contributed by atoms with Crippen molar-refractivity contribution in [2.45, 2.75) is 0 Å². The normalized spacial score (nSPS) is 13.9. The van der Waals surface area contributed by atoms with Crippen molar-refractivity contribution in [3.63, 3.8) is 0 Å². The van der Waals surface area contributed by atoms with Gasteiger partial charge in [-0.3, -0.25) is 0 Å². The van der Waals surface area contributed by atoms with Crippen LogP contribution in [0.15, 0.2) is 64.7 Å². The summed E-state index contributed by atoms with van der Waals surface area (Å²) in [6.07, 6.45) is 7.65. The minimum absolute atomic E-state index is 0.0124. The average Bonchev–Trinajstić information content (AvgIpc) is 2.89. The third kappa shape index (κ3) is 2.59. The van der Waals surface area contributed by atoms with E-state index >= 15 is 0 Å². The first-order valence-electron chi connectivity index (χ1n) is 5.52. The molecule has 3 rings (SSSR count). The number of benzene rings is 1. The Bertz CT molecular complexity index is 626. The van der Waals surface area contributed by atoms with Crippen molar-refractivity contribution in [1.82, 2.24) is 9.78 Å². The van der Waals surface area contributed by atoms with Crippen LogP contribution < -0.4 is 4.74 Å². The first-order valence-corrected chi connectivity index (χ1v) is 8.01. The Morgan fingerprint density at radius 1 is 1.17 bits per heavy atom. The molecule has 18 heavy (non-hydrogen) atoms. The van der Waals surface area contributed by atoms with Crippen LogP contribution in [0.1, 0.15) is 0 Å². The molecule has 0 spiro atoms. The van der Waals surface area contributed by atoms with Crippen molar-refractivity contribution in [2.75, 3.05) is 0 Å². The number of ether oxygens (including phenoxy) is 1. The van der Waals surface area contributed by atoms with Crippen molar-refractivity contribution in [3.05, 3.63) is 64.7 Å². The number of rotatable bonds is 3. The lowest BCUT2D eigenvalue weighted by Gasteiger charge is -2.03. The molecule has 0 fully saturated rings. The third-order valence-electron chi connectivity index (χ3n) is 2.39. The third-order valence-corrected chi connectivity index (χ3v) is 4.20. The summed E-state index contributed by atoms with van der Waals surface area (Å²) in [7, 11) is 0. The molecule has 4 heteroatoms. The first-order chi connectivity index (χ1) is 8.92. The van der Waals surface area contributed by atoms with Crippen molar-refractivity contribution < 1.29 is 4.74 Å². The van der Waals surface area contributed by atoms with Gasteiger partial charge in [0.25, 0.3) is 0 Å². The fourth-order valence-corrected chi connectivity index (χ4v) is 2.93. The smallest absolute Gasteiger partial charge is 0.165 e. The van der Waals surface area contributed by atoms with Gasteiger partial charge >= 0.3 is 0 Å². The molecule has 0 radical (unpaired) electrons. The van der Waals surface area contributed by atoms with Gasteiger partial charge in [0.2, 0.25) is 0 Å². The Hall–Kier alpha value is -1.69. The van der Waals surface area contributed by atoms with E-state index in [9.17, 15) is 0 Å². The van der Waals surface area contributed by atoms with Gasteiger partial charge in [-0.2, -0.15) is 5.10 Å². The molecule has 3 nitrogen and oxygen atoms in total. The molecular formula is C14H11IN2O. The van der Waals surface area contributed by atoms with Crippen molar-refractivity contribution in [3.8, 4) is 11.4 Å². The largest absolute Gasteiger partial charge is 0.454 e. The monoisotopic (exact) mass is 350 g/mol. The minimum Gasteiger partial charge on any atom is -0.454 e. The number of para-hydroxylation sites is 1. The zero-order valence-electron chi connectivity index (χ0n) is 9.53. The summed E-state index contributed by atoms with van der Waals surface area (Å²) in [5, 5.41) is 4.29. The second kappa shape index (κ2) is 5.30. The Balaban J connectivity index is 1.80. The van der Waals surface area contributed by atoms with Crippen LogP contribution >= 0.6 is 20.7 Å². The van der Waals surface area contributed by atoms with Gasteiger partial charge in [0.15, 0.2) is 5.75 Å². The molecule has 2 heterocycles. The van der Waals surface area contributed by atoms with E-state index < -0.39 is 0 Å². The zero-order chi connectivity index (χ0) is 12.2. The molecule has 0 N–H and O–H groups in total. The van der Waals surface area contributed by atoms with Gasteiger partial charge in [-0.25, -0.2) is 4.68 Å². The quantitative estimate of drug-likeness (QED) is 0.793. The van der Waals surface area contributed by atoms with E-state index in [0.29, 0.717) is 0 Å². The molecule has 0 atom stereocenters. The summed E-state index contributed by atoms with van der Waals surface area (Å²) in [4.78, 5) is 0. The van der Waals surface area contributed by atoms with Crippen LogP contribution in [0.4, 0.5) is 0 Å². The highest BCUT2D eigenvalue weighted by Gasteiger charge is 2.03. The maximum atomic E-state index is 5.76. The standard InChI is InChI=1S/C14H11IN2O/c1-2-5-12(6-3-1)17-11-14(10-16-17)18-13-7-4-8-15-9-13/h1-11H. The SMILES string of the molecule is C1=CC(Oc2cnn(-c3ccccc3)c2)=CI=C1. The molecule has 0 saturated carbocycles. The fourth-order valence-electron chi connectivity index (χ4n) is 1.58. The van der Waals surface area contributed by atoms with Gasteiger partial charge < -0.3 is 4.74 Å². The van der Waals surface area contributed by atoms with Gasteiger partial charge in [0, 0.05) is 4.08 Å². The topological polar surface area (TPSA) is 27.1 Å². The average molecular weight is 350 g/mol.